The summed E-state index contributed by atoms with van der Waals surface area (Å²) in [6.07, 6.45) is 3.54. The van der Waals surface area contributed by atoms with Gasteiger partial charge in [0.15, 0.2) is 4.77 Å². The topological polar surface area (TPSA) is 55.6 Å². The fraction of sp³-hybridized carbons (Fsp3) is 0.154. The minimum absolute atomic E-state index is 0.0950. The first-order chi connectivity index (χ1) is 9.16. The van der Waals surface area contributed by atoms with Gasteiger partial charge in [0.25, 0.3) is 5.56 Å². The van der Waals surface area contributed by atoms with Crippen molar-refractivity contribution in [2.75, 3.05) is 0 Å². The van der Waals surface area contributed by atoms with E-state index in [2.05, 4.69) is 9.97 Å². The standard InChI is InChI=1S/C13H12N4OS/c1-16-7-6-14-11(16)8-17-12(18)9-4-2-3-5-10(9)15-13(17)19/h2-7H,8H2,1H3,(H,15,19). The quantitative estimate of drug-likeness (QED) is 0.724. The average molecular weight is 272 g/mol. The van der Waals surface area contributed by atoms with Crippen LogP contribution >= 0.6 is 12.2 Å². The number of benzene rings is 1. The number of hydrogen-bond acceptors (Lipinski definition) is 3. The molecule has 0 aliphatic rings. The van der Waals surface area contributed by atoms with Crippen molar-refractivity contribution in [3.8, 4) is 0 Å². The fourth-order valence-corrected chi connectivity index (χ4v) is 2.29. The second-order valence-electron chi connectivity index (χ2n) is 4.32. The van der Waals surface area contributed by atoms with Crippen LogP contribution < -0.4 is 5.56 Å². The van der Waals surface area contributed by atoms with Crippen molar-refractivity contribution >= 4 is 23.1 Å². The third-order valence-electron chi connectivity index (χ3n) is 3.11. The van der Waals surface area contributed by atoms with E-state index < -0.39 is 0 Å². The number of H-pyrrole nitrogens is 1. The predicted molar refractivity (Wildman–Crippen MR) is 75.7 cm³/mol. The number of nitrogens with zero attached hydrogens (tertiary/aromatic N) is 3. The zero-order valence-corrected chi connectivity index (χ0v) is 11.1. The first-order valence-electron chi connectivity index (χ1n) is 5.85. The van der Waals surface area contributed by atoms with Gasteiger partial charge in [-0.05, 0) is 24.4 Å². The molecular formula is C13H12N4OS. The highest BCUT2D eigenvalue weighted by Gasteiger charge is 2.07. The van der Waals surface area contributed by atoms with E-state index in [9.17, 15) is 4.79 Å². The molecule has 2 heterocycles. The molecule has 2 aromatic heterocycles. The minimum Gasteiger partial charge on any atom is -0.337 e. The van der Waals surface area contributed by atoms with Gasteiger partial charge in [0, 0.05) is 19.4 Å². The molecule has 0 unspecified atom stereocenters. The Morgan fingerprint density at radius 2 is 2.16 bits per heavy atom. The van der Waals surface area contributed by atoms with E-state index in [1.54, 1.807) is 12.3 Å². The van der Waals surface area contributed by atoms with Gasteiger partial charge in [0.05, 0.1) is 17.4 Å². The van der Waals surface area contributed by atoms with Gasteiger partial charge < -0.3 is 9.55 Å². The van der Waals surface area contributed by atoms with Gasteiger partial charge in [-0.1, -0.05) is 12.1 Å². The molecule has 3 rings (SSSR count). The molecule has 0 aliphatic carbocycles. The van der Waals surface area contributed by atoms with Crippen LogP contribution in [0.3, 0.4) is 0 Å². The summed E-state index contributed by atoms with van der Waals surface area (Å²) in [5.41, 5.74) is 0.663. The number of rotatable bonds is 2. The average Bonchev–Trinajstić information content (AvgIpc) is 2.80. The molecule has 0 saturated heterocycles. The highest BCUT2D eigenvalue weighted by molar-refractivity contribution is 7.71. The smallest absolute Gasteiger partial charge is 0.262 e. The molecule has 1 aromatic carbocycles. The number of hydrogen-bond donors (Lipinski definition) is 1. The van der Waals surface area contributed by atoms with E-state index in [0.29, 0.717) is 16.7 Å². The molecule has 6 heteroatoms. The molecule has 5 nitrogen and oxygen atoms in total. The van der Waals surface area contributed by atoms with Gasteiger partial charge in [0.2, 0.25) is 0 Å². The number of aromatic nitrogens is 4. The molecule has 0 radical (unpaired) electrons. The normalized spacial score (nSPS) is 11.0. The Bertz CT molecular complexity index is 859. The van der Waals surface area contributed by atoms with Gasteiger partial charge >= 0.3 is 0 Å². The lowest BCUT2D eigenvalue weighted by molar-refractivity contribution is 0.664. The van der Waals surface area contributed by atoms with Crippen LogP contribution in [0, 0.1) is 4.77 Å². The van der Waals surface area contributed by atoms with Gasteiger partial charge in [0.1, 0.15) is 5.82 Å². The fourth-order valence-electron chi connectivity index (χ4n) is 2.03. The molecule has 0 saturated carbocycles. The Hall–Kier alpha value is -2.21. The molecule has 3 aromatic rings. The Morgan fingerprint density at radius 3 is 2.89 bits per heavy atom. The van der Waals surface area contributed by atoms with Crippen molar-refractivity contribution < 1.29 is 0 Å². The second-order valence-corrected chi connectivity index (χ2v) is 4.71. The van der Waals surface area contributed by atoms with Gasteiger partial charge in [-0.3, -0.25) is 9.36 Å². The van der Waals surface area contributed by atoms with Crippen LogP contribution in [0.2, 0.25) is 0 Å². The summed E-state index contributed by atoms with van der Waals surface area (Å²) in [6.45, 7) is 0.364. The van der Waals surface area contributed by atoms with E-state index in [1.807, 2.05) is 36.0 Å². The third kappa shape index (κ3) is 2.00. The summed E-state index contributed by atoms with van der Waals surface area (Å²) in [6, 6.07) is 7.34. The summed E-state index contributed by atoms with van der Waals surface area (Å²) in [5.74, 6) is 0.789. The number of aryl methyl sites for hydroxylation is 1. The van der Waals surface area contributed by atoms with E-state index >= 15 is 0 Å². The van der Waals surface area contributed by atoms with E-state index in [0.717, 1.165) is 11.3 Å². The van der Waals surface area contributed by atoms with Crippen molar-refractivity contribution in [3.63, 3.8) is 0 Å². The molecule has 0 amide bonds. The molecule has 0 bridgehead atoms. The van der Waals surface area contributed by atoms with E-state index in [-0.39, 0.29) is 5.56 Å². The lowest BCUT2D eigenvalue weighted by Gasteiger charge is -2.07. The number of para-hydroxylation sites is 1. The maximum atomic E-state index is 12.4. The largest absolute Gasteiger partial charge is 0.337 e. The molecule has 1 N–H and O–H groups in total. The Balaban J connectivity index is 2.22. The summed E-state index contributed by atoms with van der Waals surface area (Å²) in [4.78, 5) is 19.7. The van der Waals surface area contributed by atoms with Crippen molar-refractivity contribution in [2.45, 2.75) is 6.54 Å². The molecular weight excluding hydrogens is 260 g/mol. The van der Waals surface area contributed by atoms with Crippen molar-refractivity contribution in [1.82, 2.24) is 19.1 Å². The van der Waals surface area contributed by atoms with E-state index in [4.69, 9.17) is 12.2 Å². The Kier molecular flexibility index (Phi) is 2.79. The Labute approximate surface area is 114 Å². The zero-order chi connectivity index (χ0) is 13.4. The maximum absolute atomic E-state index is 12.4. The molecule has 0 fully saturated rings. The van der Waals surface area contributed by atoms with Crippen LogP contribution in [-0.4, -0.2) is 19.1 Å². The molecule has 19 heavy (non-hydrogen) atoms. The minimum atomic E-state index is -0.0950. The molecule has 0 atom stereocenters. The number of nitrogens with one attached hydrogen (secondary N) is 1. The Morgan fingerprint density at radius 1 is 1.37 bits per heavy atom. The maximum Gasteiger partial charge on any atom is 0.262 e. The number of aromatic amines is 1. The van der Waals surface area contributed by atoms with Crippen LogP contribution in [0.25, 0.3) is 10.9 Å². The SMILES string of the molecule is Cn1ccnc1Cn1c(=S)[nH]c2ccccc2c1=O. The van der Waals surface area contributed by atoms with E-state index in [1.165, 1.54) is 4.57 Å². The number of imidazole rings is 1. The predicted octanol–water partition coefficient (Wildman–Crippen LogP) is 1.84. The van der Waals surface area contributed by atoms with Gasteiger partial charge in [-0.2, -0.15) is 0 Å². The first kappa shape index (κ1) is 11.9. The monoisotopic (exact) mass is 272 g/mol. The van der Waals surface area contributed by atoms with Crippen LogP contribution in [0.4, 0.5) is 0 Å². The summed E-state index contributed by atoms with van der Waals surface area (Å²) >= 11 is 5.25. The molecule has 0 aliphatic heterocycles. The highest BCUT2D eigenvalue weighted by Crippen LogP contribution is 2.07. The zero-order valence-electron chi connectivity index (χ0n) is 10.3. The lowest BCUT2D eigenvalue weighted by atomic mass is 10.2. The van der Waals surface area contributed by atoms with Crippen LogP contribution in [0.15, 0.2) is 41.5 Å². The van der Waals surface area contributed by atoms with Crippen molar-refractivity contribution in [1.29, 1.82) is 0 Å². The molecule has 0 spiro atoms. The number of fused-ring (bicyclic) bond motifs is 1. The molecule has 96 valence electrons. The van der Waals surface area contributed by atoms with Crippen molar-refractivity contribution in [3.05, 3.63) is 57.6 Å². The second kappa shape index (κ2) is 4.47. The van der Waals surface area contributed by atoms with Gasteiger partial charge in [-0.25, -0.2) is 4.98 Å². The highest BCUT2D eigenvalue weighted by atomic mass is 32.1. The third-order valence-corrected chi connectivity index (χ3v) is 3.43. The van der Waals surface area contributed by atoms with Crippen LogP contribution in [0.5, 0.6) is 0 Å². The lowest BCUT2D eigenvalue weighted by Crippen LogP contribution is -2.24. The summed E-state index contributed by atoms with van der Waals surface area (Å²) in [5, 5.41) is 0.630. The summed E-state index contributed by atoms with van der Waals surface area (Å²) in [7, 11) is 1.89. The first-order valence-corrected chi connectivity index (χ1v) is 6.25. The van der Waals surface area contributed by atoms with Crippen LogP contribution in [-0.2, 0) is 13.6 Å². The van der Waals surface area contributed by atoms with Crippen molar-refractivity contribution in [2.24, 2.45) is 7.05 Å². The van der Waals surface area contributed by atoms with Crippen LogP contribution in [0.1, 0.15) is 5.82 Å². The summed E-state index contributed by atoms with van der Waals surface area (Å²) < 4.78 is 3.81. The van der Waals surface area contributed by atoms with Gasteiger partial charge in [-0.15, -0.1) is 0 Å².